The molecule has 0 saturated carbocycles. The minimum Gasteiger partial charge on any atom is -0.378 e. The van der Waals surface area contributed by atoms with E-state index < -0.39 is 0 Å². The number of fused-ring (bicyclic) bond motifs is 4. The number of carbonyl (C=O) groups is 4. The maximum Gasteiger partial charge on any atom is 0.198 e. The zero-order valence-corrected chi connectivity index (χ0v) is 38.6. The Morgan fingerprint density at radius 2 is 0.441 bits per heavy atom. The molecule has 68 heavy (non-hydrogen) atoms. The summed E-state index contributed by atoms with van der Waals surface area (Å²) in [7, 11) is 0. The monoisotopic (exact) mass is 932 g/mol. The fourth-order valence-corrected chi connectivity index (χ4v) is 9.56. The number of ketones is 4. The molecule has 9 rings (SSSR count). The highest BCUT2D eigenvalue weighted by Crippen LogP contribution is 2.40. The summed E-state index contributed by atoms with van der Waals surface area (Å²) in [6, 6.07) is 21.8. The molecule has 3 aliphatic heterocycles. The SMILES string of the molecule is O=C1c2cccc(N3CCOCCOCCOCC3)c2C(=O)c2c1cccc2N1CCOCCN(c2cccc3c2C(=O)c2c(cccc2N2CCOCCOCCOCC2)C3=O)CCOCC1. The number of benzene rings is 4. The molecule has 0 amide bonds. The molecule has 0 bridgehead atoms. The Balaban J connectivity index is 0.916. The van der Waals surface area contributed by atoms with E-state index in [0.717, 1.165) is 0 Å². The first-order chi connectivity index (χ1) is 33.5. The normalized spacial score (nSPS) is 20.2. The number of hydrogen-bond donors (Lipinski definition) is 0. The van der Waals surface area contributed by atoms with E-state index in [-0.39, 0.29) is 23.1 Å². The van der Waals surface area contributed by atoms with Gasteiger partial charge in [0.15, 0.2) is 23.1 Å². The Bertz CT molecular complexity index is 2240. The van der Waals surface area contributed by atoms with Crippen molar-refractivity contribution in [2.75, 3.05) is 178 Å². The Morgan fingerprint density at radius 1 is 0.250 bits per heavy atom. The van der Waals surface area contributed by atoms with E-state index in [0.29, 0.717) is 225 Å². The summed E-state index contributed by atoms with van der Waals surface area (Å²) >= 11 is 0. The first-order valence-electron chi connectivity index (χ1n) is 23.8. The molecule has 5 aliphatic rings. The summed E-state index contributed by atoms with van der Waals surface area (Å²) in [5, 5.41) is 0. The van der Waals surface area contributed by atoms with Crippen molar-refractivity contribution in [3.05, 3.63) is 117 Å². The van der Waals surface area contributed by atoms with Crippen LogP contribution in [-0.2, 0) is 37.9 Å². The minimum absolute atomic E-state index is 0.198. The molecular formula is C52H60N4O12. The van der Waals surface area contributed by atoms with Gasteiger partial charge in [-0.15, -0.1) is 0 Å². The van der Waals surface area contributed by atoms with E-state index in [1.807, 2.05) is 48.5 Å². The predicted molar refractivity (Wildman–Crippen MR) is 255 cm³/mol. The highest BCUT2D eigenvalue weighted by molar-refractivity contribution is 6.33. The lowest BCUT2D eigenvalue weighted by atomic mass is 9.82. The molecule has 16 nitrogen and oxygen atoms in total. The van der Waals surface area contributed by atoms with Crippen LogP contribution in [0.15, 0.2) is 72.8 Å². The van der Waals surface area contributed by atoms with Gasteiger partial charge in [0.05, 0.1) is 128 Å². The summed E-state index contributed by atoms with van der Waals surface area (Å²) in [5.74, 6) is -0.819. The second-order valence-electron chi connectivity index (χ2n) is 17.0. The molecule has 4 aromatic carbocycles. The Hall–Kier alpha value is -5.56. The maximum atomic E-state index is 14.9. The summed E-state index contributed by atoms with van der Waals surface area (Å²) in [5.41, 5.74) is 5.63. The van der Waals surface area contributed by atoms with Gasteiger partial charge in [-0.05, 0) is 24.3 Å². The van der Waals surface area contributed by atoms with Gasteiger partial charge in [0, 0.05) is 97.4 Å². The Morgan fingerprint density at radius 3 is 0.662 bits per heavy atom. The van der Waals surface area contributed by atoms with Gasteiger partial charge in [-0.1, -0.05) is 48.5 Å². The van der Waals surface area contributed by atoms with Gasteiger partial charge in [0.1, 0.15) is 0 Å². The van der Waals surface area contributed by atoms with Crippen LogP contribution in [0.4, 0.5) is 22.7 Å². The summed E-state index contributed by atoms with van der Waals surface area (Å²) < 4.78 is 47.1. The minimum atomic E-state index is -0.211. The van der Waals surface area contributed by atoms with E-state index in [9.17, 15) is 19.2 Å². The van der Waals surface area contributed by atoms with Gasteiger partial charge in [0.25, 0.3) is 0 Å². The highest BCUT2D eigenvalue weighted by Gasteiger charge is 2.38. The lowest BCUT2D eigenvalue weighted by Crippen LogP contribution is -2.38. The molecule has 0 atom stereocenters. The van der Waals surface area contributed by atoms with Crippen LogP contribution in [0, 0.1) is 0 Å². The number of hydrogen-bond acceptors (Lipinski definition) is 16. The maximum absolute atomic E-state index is 14.9. The fraction of sp³-hybridized carbons (Fsp3) is 0.462. The zero-order valence-electron chi connectivity index (χ0n) is 38.6. The van der Waals surface area contributed by atoms with Crippen molar-refractivity contribution in [2.24, 2.45) is 0 Å². The molecule has 0 N–H and O–H groups in total. The number of ether oxygens (including phenoxy) is 8. The van der Waals surface area contributed by atoms with E-state index in [1.54, 1.807) is 24.3 Å². The summed E-state index contributed by atoms with van der Waals surface area (Å²) in [6.45, 7) is 10.4. The Labute approximate surface area is 396 Å². The van der Waals surface area contributed by atoms with Crippen LogP contribution in [0.5, 0.6) is 0 Å². The smallest absolute Gasteiger partial charge is 0.198 e. The molecule has 0 radical (unpaired) electrons. The first-order valence-corrected chi connectivity index (χ1v) is 23.8. The average molecular weight is 933 g/mol. The lowest BCUT2D eigenvalue weighted by Gasteiger charge is -2.33. The van der Waals surface area contributed by atoms with E-state index >= 15 is 0 Å². The molecule has 0 aromatic heterocycles. The molecule has 4 aromatic rings. The standard InChI is InChI=1S/C52H60N4O12/c57-49-37-5-1-9-41(45(37)51(59)47-39(49)7-3-11-43(47)55-17-25-63-29-33-67-34-30-64-26-18-55)53-13-21-61-23-15-54(16-24-62-22-14-53)42-10-2-6-38-46(42)52(60)48-40(50(38)58)8-4-12-44(48)56-19-27-65-31-35-68-36-32-66-28-20-56/h1-12H,13-36H2. The Kier molecular flexibility index (Phi) is 16.2. The van der Waals surface area contributed by atoms with Gasteiger partial charge >= 0.3 is 0 Å². The van der Waals surface area contributed by atoms with Crippen molar-refractivity contribution in [1.82, 2.24) is 0 Å². The highest BCUT2D eigenvalue weighted by atomic mass is 16.6. The third-order valence-electron chi connectivity index (χ3n) is 13.0. The molecular weight excluding hydrogens is 873 g/mol. The number of anilines is 4. The largest absolute Gasteiger partial charge is 0.378 e. The number of carbonyl (C=O) groups excluding carboxylic acids is 4. The molecule has 3 heterocycles. The zero-order chi connectivity index (χ0) is 46.7. The molecule has 0 unspecified atom stereocenters. The van der Waals surface area contributed by atoms with Crippen molar-refractivity contribution >= 4 is 45.9 Å². The van der Waals surface area contributed by atoms with E-state index in [1.165, 1.54) is 0 Å². The van der Waals surface area contributed by atoms with Crippen LogP contribution < -0.4 is 19.6 Å². The first kappa shape index (κ1) is 47.5. The summed E-state index contributed by atoms with van der Waals surface area (Å²) in [6.07, 6.45) is 0. The molecule has 3 fully saturated rings. The van der Waals surface area contributed by atoms with Crippen LogP contribution in [-0.4, -0.2) is 181 Å². The van der Waals surface area contributed by atoms with Crippen LogP contribution in [0.25, 0.3) is 0 Å². The topological polar surface area (TPSA) is 155 Å². The average Bonchev–Trinajstić information content (AvgIpc) is 3.34. The van der Waals surface area contributed by atoms with Crippen LogP contribution >= 0.6 is 0 Å². The van der Waals surface area contributed by atoms with Gasteiger partial charge in [-0.2, -0.15) is 0 Å². The van der Waals surface area contributed by atoms with Crippen molar-refractivity contribution in [1.29, 1.82) is 0 Å². The van der Waals surface area contributed by atoms with Gasteiger partial charge in [-0.25, -0.2) is 0 Å². The molecule has 3 saturated heterocycles. The van der Waals surface area contributed by atoms with Crippen LogP contribution in [0.3, 0.4) is 0 Å². The van der Waals surface area contributed by atoms with Crippen molar-refractivity contribution in [3.8, 4) is 0 Å². The van der Waals surface area contributed by atoms with Crippen molar-refractivity contribution in [2.45, 2.75) is 0 Å². The molecule has 0 spiro atoms. The number of rotatable bonds is 4. The van der Waals surface area contributed by atoms with Gasteiger partial charge < -0.3 is 57.5 Å². The van der Waals surface area contributed by atoms with Crippen molar-refractivity contribution in [3.63, 3.8) is 0 Å². The van der Waals surface area contributed by atoms with Crippen molar-refractivity contribution < 1.29 is 57.1 Å². The van der Waals surface area contributed by atoms with E-state index in [2.05, 4.69) is 19.6 Å². The fourth-order valence-electron chi connectivity index (χ4n) is 9.56. The van der Waals surface area contributed by atoms with Gasteiger partial charge in [0.2, 0.25) is 0 Å². The second-order valence-corrected chi connectivity index (χ2v) is 17.0. The third-order valence-corrected chi connectivity index (χ3v) is 13.0. The lowest BCUT2D eigenvalue weighted by molar-refractivity contribution is 0.0126. The van der Waals surface area contributed by atoms with Crippen LogP contribution in [0.2, 0.25) is 0 Å². The van der Waals surface area contributed by atoms with Gasteiger partial charge in [-0.3, -0.25) is 19.2 Å². The molecule has 16 heteroatoms. The second kappa shape index (κ2) is 23.2. The third kappa shape index (κ3) is 10.5. The summed E-state index contributed by atoms with van der Waals surface area (Å²) in [4.78, 5) is 66.6. The molecule has 2 aliphatic carbocycles. The van der Waals surface area contributed by atoms with E-state index in [4.69, 9.17) is 37.9 Å². The number of nitrogens with zero attached hydrogens (tertiary/aromatic N) is 4. The quantitative estimate of drug-likeness (QED) is 0.246. The molecule has 360 valence electrons. The predicted octanol–water partition coefficient (Wildman–Crippen LogP) is 4.34. The van der Waals surface area contributed by atoms with Crippen LogP contribution in [0.1, 0.15) is 63.7 Å².